The van der Waals surface area contributed by atoms with Crippen molar-refractivity contribution in [2.24, 2.45) is 5.92 Å². The van der Waals surface area contributed by atoms with Gasteiger partial charge in [-0.15, -0.1) is 0 Å². The second-order valence-electron chi connectivity index (χ2n) is 4.92. The molecular weight excluding hydrogens is 290 g/mol. The molecule has 0 heterocycles. The van der Waals surface area contributed by atoms with Crippen molar-refractivity contribution in [2.75, 3.05) is 7.11 Å². The van der Waals surface area contributed by atoms with Crippen LogP contribution in [0.2, 0.25) is 0 Å². The van der Waals surface area contributed by atoms with Gasteiger partial charge < -0.3 is 10.1 Å². The summed E-state index contributed by atoms with van der Waals surface area (Å²) in [4.78, 5) is 11.5. The quantitative estimate of drug-likeness (QED) is 0.671. The Balaban J connectivity index is 2.95. The van der Waals surface area contributed by atoms with Crippen molar-refractivity contribution in [3.8, 4) is 0 Å². The fourth-order valence-electron chi connectivity index (χ4n) is 1.90. The molecule has 7 heteroatoms. The predicted octanol–water partition coefficient (Wildman–Crippen LogP) is 3.13. The molecule has 0 saturated heterocycles. The van der Waals surface area contributed by atoms with Crippen LogP contribution in [0.5, 0.6) is 0 Å². The molecule has 0 amide bonds. The van der Waals surface area contributed by atoms with E-state index in [1.165, 1.54) is 7.11 Å². The number of esters is 1. The fraction of sp³-hybridized carbons (Fsp3) is 0.500. The largest absolute Gasteiger partial charge is 0.468 e. The summed E-state index contributed by atoms with van der Waals surface area (Å²) in [6.45, 7) is 3.26. The van der Waals surface area contributed by atoms with E-state index in [4.69, 9.17) is 0 Å². The molecule has 1 N–H and O–H groups in total. The van der Waals surface area contributed by atoms with Crippen LogP contribution in [0, 0.1) is 11.7 Å². The van der Waals surface area contributed by atoms with Crippen LogP contribution in [0.4, 0.5) is 17.6 Å². The van der Waals surface area contributed by atoms with Crippen LogP contribution in [-0.4, -0.2) is 19.1 Å². The number of ether oxygens (including phenoxy) is 1. The van der Waals surface area contributed by atoms with Crippen molar-refractivity contribution in [2.45, 2.75) is 32.6 Å². The van der Waals surface area contributed by atoms with Crippen molar-refractivity contribution in [1.82, 2.24) is 5.32 Å². The van der Waals surface area contributed by atoms with E-state index >= 15 is 0 Å². The van der Waals surface area contributed by atoms with Crippen molar-refractivity contribution in [3.63, 3.8) is 0 Å². The Bertz CT molecular complexity index is 500. The van der Waals surface area contributed by atoms with E-state index in [1.54, 1.807) is 13.8 Å². The first-order valence-electron chi connectivity index (χ1n) is 6.33. The summed E-state index contributed by atoms with van der Waals surface area (Å²) in [7, 11) is 1.21. The highest BCUT2D eigenvalue weighted by atomic mass is 19.4. The van der Waals surface area contributed by atoms with Gasteiger partial charge in [0, 0.05) is 6.54 Å². The van der Waals surface area contributed by atoms with Crippen LogP contribution in [0.1, 0.15) is 25.0 Å². The van der Waals surface area contributed by atoms with Gasteiger partial charge in [-0.25, -0.2) is 4.39 Å². The molecule has 118 valence electrons. The van der Waals surface area contributed by atoms with Gasteiger partial charge in [-0.1, -0.05) is 19.9 Å². The number of alkyl halides is 3. The molecule has 0 spiro atoms. The molecule has 1 aromatic rings. The standard InChI is InChI=1S/C14H17F4NO2/c1-8(2)12(13(20)21-3)19-7-9-4-5-10(15)6-11(9)14(16,17)18/h4-6,8,12,19H,7H2,1-3H3. The topological polar surface area (TPSA) is 38.3 Å². The second-order valence-corrected chi connectivity index (χ2v) is 4.92. The van der Waals surface area contributed by atoms with E-state index in [0.29, 0.717) is 6.07 Å². The number of carbonyl (C=O) groups excluding carboxylic acids is 1. The minimum atomic E-state index is -4.66. The van der Waals surface area contributed by atoms with E-state index in [1.807, 2.05) is 0 Å². The van der Waals surface area contributed by atoms with Gasteiger partial charge >= 0.3 is 12.1 Å². The average molecular weight is 307 g/mol. The summed E-state index contributed by atoms with van der Waals surface area (Å²) in [6, 6.07) is 1.72. The molecule has 1 aromatic carbocycles. The highest BCUT2D eigenvalue weighted by Gasteiger charge is 2.34. The van der Waals surface area contributed by atoms with E-state index < -0.39 is 29.6 Å². The molecule has 1 rings (SSSR count). The first-order chi connectivity index (χ1) is 9.66. The monoisotopic (exact) mass is 307 g/mol. The van der Waals surface area contributed by atoms with E-state index in [-0.39, 0.29) is 18.0 Å². The Morgan fingerprint density at radius 3 is 2.43 bits per heavy atom. The van der Waals surface area contributed by atoms with Crippen LogP contribution >= 0.6 is 0 Å². The molecule has 1 atom stereocenters. The third-order valence-electron chi connectivity index (χ3n) is 3.01. The summed E-state index contributed by atoms with van der Waals surface area (Å²) in [6.07, 6.45) is -4.66. The van der Waals surface area contributed by atoms with Gasteiger partial charge in [-0.3, -0.25) is 4.79 Å². The average Bonchev–Trinajstić information content (AvgIpc) is 2.38. The number of nitrogens with one attached hydrogen (secondary N) is 1. The van der Waals surface area contributed by atoms with E-state index in [9.17, 15) is 22.4 Å². The molecule has 3 nitrogen and oxygen atoms in total. The van der Waals surface area contributed by atoms with Crippen molar-refractivity contribution in [1.29, 1.82) is 0 Å². The second kappa shape index (κ2) is 6.89. The van der Waals surface area contributed by atoms with Gasteiger partial charge in [0.25, 0.3) is 0 Å². The van der Waals surface area contributed by atoms with Gasteiger partial charge in [-0.2, -0.15) is 13.2 Å². The maximum absolute atomic E-state index is 13.0. The SMILES string of the molecule is COC(=O)C(NCc1ccc(F)cc1C(F)(F)F)C(C)C. The molecule has 0 bridgehead atoms. The Labute approximate surface area is 120 Å². The molecule has 0 radical (unpaired) electrons. The zero-order valence-corrected chi connectivity index (χ0v) is 11.9. The van der Waals surface area contributed by atoms with Crippen LogP contribution in [0.3, 0.4) is 0 Å². The van der Waals surface area contributed by atoms with Gasteiger partial charge in [0.1, 0.15) is 11.9 Å². The molecule has 1 unspecified atom stereocenters. The lowest BCUT2D eigenvalue weighted by molar-refractivity contribution is -0.144. The number of halogens is 4. The zero-order chi connectivity index (χ0) is 16.2. The van der Waals surface area contributed by atoms with Crippen LogP contribution in [-0.2, 0) is 22.3 Å². The molecule has 0 aliphatic heterocycles. The van der Waals surface area contributed by atoms with Gasteiger partial charge in [0.05, 0.1) is 12.7 Å². The Morgan fingerprint density at radius 2 is 1.95 bits per heavy atom. The van der Waals surface area contributed by atoms with Crippen LogP contribution in [0.15, 0.2) is 18.2 Å². The first kappa shape index (κ1) is 17.4. The Hall–Kier alpha value is -1.63. The Kier molecular flexibility index (Phi) is 5.71. The molecule has 0 fully saturated rings. The fourth-order valence-corrected chi connectivity index (χ4v) is 1.90. The zero-order valence-electron chi connectivity index (χ0n) is 11.9. The summed E-state index contributed by atoms with van der Waals surface area (Å²) < 4.78 is 56.1. The van der Waals surface area contributed by atoms with Crippen LogP contribution < -0.4 is 5.32 Å². The lowest BCUT2D eigenvalue weighted by Crippen LogP contribution is -2.41. The highest BCUT2D eigenvalue weighted by molar-refractivity contribution is 5.75. The van der Waals surface area contributed by atoms with Gasteiger partial charge in [0.2, 0.25) is 0 Å². The first-order valence-corrected chi connectivity index (χ1v) is 6.33. The lowest BCUT2D eigenvalue weighted by Gasteiger charge is -2.21. The van der Waals surface area contributed by atoms with Gasteiger partial charge in [-0.05, 0) is 23.6 Å². The minimum absolute atomic E-state index is 0.126. The van der Waals surface area contributed by atoms with Crippen molar-refractivity contribution < 1.29 is 27.1 Å². The summed E-state index contributed by atoms with van der Waals surface area (Å²) in [5.41, 5.74) is -1.18. The smallest absolute Gasteiger partial charge is 0.416 e. The molecular formula is C14H17F4NO2. The summed E-state index contributed by atoms with van der Waals surface area (Å²) in [5, 5.41) is 2.72. The van der Waals surface area contributed by atoms with E-state index in [2.05, 4.69) is 10.1 Å². The third kappa shape index (κ3) is 4.70. The normalized spacial score (nSPS) is 13.3. The predicted molar refractivity (Wildman–Crippen MR) is 68.9 cm³/mol. The number of methoxy groups -OCH3 is 1. The highest BCUT2D eigenvalue weighted by Crippen LogP contribution is 2.32. The molecule has 21 heavy (non-hydrogen) atoms. The number of hydrogen-bond donors (Lipinski definition) is 1. The molecule has 0 aliphatic rings. The lowest BCUT2D eigenvalue weighted by atomic mass is 10.0. The summed E-state index contributed by atoms with van der Waals surface area (Å²) >= 11 is 0. The van der Waals surface area contributed by atoms with Crippen LogP contribution in [0.25, 0.3) is 0 Å². The summed E-state index contributed by atoms with van der Waals surface area (Å²) in [5.74, 6) is -1.67. The van der Waals surface area contributed by atoms with Crippen molar-refractivity contribution in [3.05, 3.63) is 35.1 Å². The van der Waals surface area contributed by atoms with E-state index in [0.717, 1.165) is 12.1 Å². The number of benzene rings is 1. The maximum Gasteiger partial charge on any atom is 0.416 e. The molecule has 0 saturated carbocycles. The minimum Gasteiger partial charge on any atom is -0.468 e. The number of carbonyl (C=O) groups is 1. The Morgan fingerprint density at radius 1 is 1.33 bits per heavy atom. The number of rotatable bonds is 5. The van der Waals surface area contributed by atoms with Crippen molar-refractivity contribution >= 4 is 5.97 Å². The third-order valence-corrected chi connectivity index (χ3v) is 3.01. The maximum atomic E-state index is 13.0. The van der Waals surface area contributed by atoms with Gasteiger partial charge in [0.15, 0.2) is 0 Å². The number of hydrogen-bond acceptors (Lipinski definition) is 3. The molecule has 0 aliphatic carbocycles. The molecule has 0 aromatic heterocycles.